The van der Waals surface area contributed by atoms with Gasteiger partial charge in [-0.25, -0.2) is 0 Å². The number of anilines is 1. The fourth-order valence-electron chi connectivity index (χ4n) is 2.22. The molecule has 3 heteroatoms. The number of nitrogens with one attached hydrogen (secondary N) is 1. The molecule has 1 heterocycles. The summed E-state index contributed by atoms with van der Waals surface area (Å²) in [6.45, 7) is 3.44. The molecule has 0 fully saturated rings. The van der Waals surface area contributed by atoms with Crippen LogP contribution in [0.4, 0.5) is 5.69 Å². The van der Waals surface area contributed by atoms with Crippen LogP contribution in [0.5, 0.6) is 5.75 Å². The Labute approximate surface area is 124 Å². The summed E-state index contributed by atoms with van der Waals surface area (Å²) >= 11 is 0. The maximum Gasteiger partial charge on any atom is 0.145 e. The van der Waals surface area contributed by atoms with E-state index in [2.05, 4.69) is 41.5 Å². The van der Waals surface area contributed by atoms with Gasteiger partial charge in [-0.15, -0.1) is 0 Å². The topological polar surface area (TPSA) is 34.1 Å². The highest BCUT2D eigenvalue weighted by molar-refractivity contribution is 5.84. The summed E-state index contributed by atoms with van der Waals surface area (Å²) in [7, 11) is 0. The van der Waals surface area contributed by atoms with Crippen LogP contribution in [-0.4, -0.2) is 18.1 Å². The Morgan fingerprint density at radius 2 is 1.81 bits per heavy atom. The average molecular weight is 278 g/mol. The molecule has 0 amide bonds. The molecule has 2 aromatic carbocycles. The Morgan fingerprint density at radius 3 is 2.67 bits per heavy atom. The van der Waals surface area contributed by atoms with Crippen molar-refractivity contribution in [2.45, 2.75) is 6.92 Å². The first-order valence-corrected chi connectivity index (χ1v) is 7.10. The van der Waals surface area contributed by atoms with E-state index >= 15 is 0 Å². The molecule has 0 saturated heterocycles. The quantitative estimate of drug-likeness (QED) is 0.715. The molecule has 1 N–H and O–H groups in total. The largest absolute Gasteiger partial charge is 0.489 e. The average Bonchev–Trinajstić information content (AvgIpc) is 2.53. The van der Waals surface area contributed by atoms with Gasteiger partial charge in [-0.1, -0.05) is 35.9 Å². The first-order chi connectivity index (χ1) is 10.3. The molecule has 3 rings (SSSR count). The number of pyridine rings is 1. The lowest BCUT2D eigenvalue weighted by Crippen LogP contribution is -2.11. The summed E-state index contributed by atoms with van der Waals surface area (Å²) in [6.07, 6.45) is 1.79. The van der Waals surface area contributed by atoms with Gasteiger partial charge in [-0.2, -0.15) is 0 Å². The molecule has 0 bridgehead atoms. The lowest BCUT2D eigenvalue weighted by atomic mass is 10.2. The predicted molar refractivity (Wildman–Crippen MR) is 86.9 cm³/mol. The zero-order chi connectivity index (χ0) is 14.5. The fraction of sp³-hybridized carbons (Fsp3) is 0.167. The van der Waals surface area contributed by atoms with E-state index in [-0.39, 0.29) is 0 Å². The van der Waals surface area contributed by atoms with Gasteiger partial charge in [0.05, 0.1) is 0 Å². The number of rotatable bonds is 5. The molecular formula is C18H18N2O. The summed E-state index contributed by atoms with van der Waals surface area (Å²) in [5.74, 6) is 0.832. The molecule has 0 aliphatic carbocycles. The number of fused-ring (bicyclic) bond motifs is 1. The number of aryl methyl sites for hydroxylation is 1. The third-order valence-corrected chi connectivity index (χ3v) is 3.34. The van der Waals surface area contributed by atoms with Crippen molar-refractivity contribution in [2.75, 3.05) is 18.5 Å². The van der Waals surface area contributed by atoms with E-state index < -0.39 is 0 Å². The Kier molecular flexibility index (Phi) is 4.01. The predicted octanol–water partition coefficient (Wildman–Crippen LogP) is 4.03. The molecule has 106 valence electrons. The molecule has 3 nitrogen and oxygen atoms in total. The number of benzene rings is 2. The molecule has 0 atom stereocenters. The van der Waals surface area contributed by atoms with Gasteiger partial charge in [0.25, 0.3) is 0 Å². The summed E-state index contributed by atoms with van der Waals surface area (Å²) in [5.41, 5.74) is 3.29. The van der Waals surface area contributed by atoms with Gasteiger partial charge in [-0.3, -0.25) is 4.98 Å². The minimum absolute atomic E-state index is 0.601. The van der Waals surface area contributed by atoms with Crippen molar-refractivity contribution in [1.29, 1.82) is 0 Å². The van der Waals surface area contributed by atoms with Crippen LogP contribution in [0, 0.1) is 6.92 Å². The molecule has 0 aliphatic rings. The monoisotopic (exact) mass is 278 g/mol. The van der Waals surface area contributed by atoms with Crippen molar-refractivity contribution in [3.63, 3.8) is 0 Å². The van der Waals surface area contributed by atoms with Crippen molar-refractivity contribution in [1.82, 2.24) is 4.98 Å². The number of aromatic nitrogens is 1. The van der Waals surface area contributed by atoms with E-state index in [0.29, 0.717) is 6.61 Å². The van der Waals surface area contributed by atoms with Gasteiger partial charge in [0, 0.05) is 23.8 Å². The van der Waals surface area contributed by atoms with E-state index in [1.54, 1.807) is 6.20 Å². The Bertz CT molecular complexity index is 717. The highest BCUT2D eigenvalue weighted by Gasteiger charge is 2.02. The van der Waals surface area contributed by atoms with Crippen LogP contribution in [0.1, 0.15) is 5.56 Å². The Balaban J connectivity index is 1.58. The number of hydrogen-bond donors (Lipinski definition) is 1. The number of ether oxygens (including phenoxy) is 1. The van der Waals surface area contributed by atoms with E-state index in [1.165, 1.54) is 5.56 Å². The first kappa shape index (κ1) is 13.4. The van der Waals surface area contributed by atoms with Gasteiger partial charge in [0.1, 0.15) is 17.9 Å². The van der Waals surface area contributed by atoms with Gasteiger partial charge in [-0.05, 0) is 31.2 Å². The lowest BCUT2D eigenvalue weighted by molar-refractivity contribution is 0.336. The molecular weight excluding hydrogens is 260 g/mol. The third kappa shape index (κ3) is 3.31. The van der Waals surface area contributed by atoms with Gasteiger partial charge in [0.15, 0.2) is 0 Å². The molecule has 0 saturated carbocycles. The molecule has 0 aliphatic heterocycles. The SMILES string of the molecule is Cc1ccc(NCCOc2cccc3cccnc23)cc1. The third-order valence-electron chi connectivity index (χ3n) is 3.34. The van der Waals surface area contributed by atoms with Crippen LogP contribution < -0.4 is 10.1 Å². The highest BCUT2D eigenvalue weighted by atomic mass is 16.5. The van der Waals surface area contributed by atoms with Gasteiger partial charge in [0.2, 0.25) is 0 Å². The summed E-state index contributed by atoms with van der Waals surface area (Å²) in [6, 6.07) is 18.3. The van der Waals surface area contributed by atoms with E-state index in [4.69, 9.17) is 4.74 Å². The van der Waals surface area contributed by atoms with Crippen LogP contribution in [0.15, 0.2) is 60.8 Å². The Morgan fingerprint density at radius 1 is 1.00 bits per heavy atom. The van der Waals surface area contributed by atoms with E-state index in [0.717, 1.165) is 28.9 Å². The van der Waals surface area contributed by atoms with E-state index in [9.17, 15) is 0 Å². The molecule has 1 aromatic heterocycles. The van der Waals surface area contributed by atoms with E-state index in [1.807, 2.05) is 30.3 Å². The van der Waals surface area contributed by atoms with Gasteiger partial charge >= 0.3 is 0 Å². The maximum atomic E-state index is 5.84. The second-order valence-corrected chi connectivity index (χ2v) is 4.97. The zero-order valence-electron chi connectivity index (χ0n) is 12.0. The maximum absolute atomic E-state index is 5.84. The van der Waals surface area contributed by atoms with Gasteiger partial charge < -0.3 is 10.1 Å². The molecule has 0 unspecified atom stereocenters. The van der Waals surface area contributed by atoms with Crippen LogP contribution in [-0.2, 0) is 0 Å². The number of nitrogens with zero attached hydrogens (tertiary/aromatic N) is 1. The highest BCUT2D eigenvalue weighted by Crippen LogP contribution is 2.22. The first-order valence-electron chi connectivity index (χ1n) is 7.10. The molecule has 0 radical (unpaired) electrons. The van der Waals surface area contributed by atoms with Crippen molar-refractivity contribution < 1.29 is 4.74 Å². The van der Waals surface area contributed by atoms with Crippen molar-refractivity contribution >= 4 is 16.6 Å². The van der Waals surface area contributed by atoms with Crippen molar-refractivity contribution in [2.24, 2.45) is 0 Å². The van der Waals surface area contributed by atoms with Crippen LogP contribution >= 0.6 is 0 Å². The zero-order valence-corrected chi connectivity index (χ0v) is 12.0. The number of para-hydroxylation sites is 1. The van der Waals surface area contributed by atoms with Crippen LogP contribution in [0.25, 0.3) is 10.9 Å². The summed E-state index contributed by atoms with van der Waals surface area (Å²) in [4.78, 5) is 4.38. The molecule has 21 heavy (non-hydrogen) atoms. The molecule has 3 aromatic rings. The Hall–Kier alpha value is -2.55. The standard InChI is InChI=1S/C18H18N2O/c1-14-7-9-16(10-8-14)19-12-13-21-17-6-2-4-15-5-3-11-20-18(15)17/h2-11,19H,12-13H2,1H3. The normalized spacial score (nSPS) is 10.5. The van der Waals surface area contributed by atoms with Crippen LogP contribution in [0.2, 0.25) is 0 Å². The molecule has 0 spiro atoms. The number of hydrogen-bond acceptors (Lipinski definition) is 3. The van der Waals surface area contributed by atoms with Crippen LogP contribution in [0.3, 0.4) is 0 Å². The van der Waals surface area contributed by atoms with Crippen molar-refractivity contribution in [3.05, 3.63) is 66.4 Å². The fourth-order valence-corrected chi connectivity index (χ4v) is 2.22. The minimum Gasteiger partial charge on any atom is -0.489 e. The second-order valence-electron chi connectivity index (χ2n) is 4.97. The second kappa shape index (κ2) is 6.27. The van der Waals surface area contributed by atoms with Crippen molar-refractivity contribution in [3.8, 4) is 5.75 Å². The summed E-state index contributed by atoms with van der Waals surface area (Å²) < 4.78 is 5.84. The summed E-state index contributed by atoms with van der Waals surface area (Å²) in [5, 5.41) is 4.44. The lowest BCUT2D eigenvalue weighted by Gasteiger charge is -2.10. The smallest absolute Gasteiger partial charge is 0.145 e. The minimum atomic E-state index is 0.601.